The van der Waals surface area contributed by atoms with E-state index in [4.69, 9.17) is 22.1 Å². The van der Waals surface area contributed by atoms with Crippen LogP contribution in [-0.4, -0.2) is 75.3 Å². The lowest BCUT2D eigenvalue weighted by Gasteiger charge is -2.50. The number of hydrogen-bond donors (Lipinski definition) is 1. The molecule has 1 saturated carbocycles. The number of ether oxygens (including phenoxy) is 1. The summed E-state index contributed by atoms with van der Waals surface area (Å²) in [6, 6.07) is 4.15. The zero-order valence-corrected chi connectivity index (χ0v) is 18.7. The lowest BCUT2D eigenvalue weighted by atomic mass is 9.97. The first-order valence-corrected chi connectivity index (χ1v) is 11.4. The second kappa shape index (κ2) is 7.19. The number of nitrogens with two attached hydrogens (primary N) is 1. The van der Waals surface area contributed by atoms with Gasteiger partial charge in [0.25, 0.3) is 0 Å². The van der Waals surface area contributed by atoms with Crippen LogP contribution in [0.25, 0.3) is 16.6 Å². The van der Waals surface area contributed by atoms with Crippen LogP contribution in [0.4, 0.5) is 5.69 Å². The van der Waals surface area contributed by atoms with Crippen molar-refractivity contribution in [2.45, 2.75) is 24.9 Å². The highest BCUT2D eigenvalue weighted by Crippen LogP contribution is 2.42. The first-order chi connectivity index (χ1) is 15.4. The molecule has 1 amide bonds. The van der Waals surface area contributed by atoms with Crippen LogP contribution in [0.1, 0.15) is 19.4 Å². The van der Waals surface area contributed by atoms with E-state index in [1.165, 1.54) is 0 Å². The minimum absolute atomic E-state index is 0.0484. The van der Waals surface area contributed by atoms with Crippen LogP contribution in [0, 0.1) is 5.92 Å². The Bertz CT molecular complexity index is 1190. The number of primary amides is 1. The van der Waals surface area contributed by atoms with Crippen LogP contribution in [0.15, 0.2) is 30.7 Å². The average molecular weight is 456 g/mol. The third-order valence-corrected chi connectivity index (χ3v) is 7.44. The molecular formula is C22H26ClN7O2. The highest BCUT2D eigenvalue weighted by molar-refractivity contribution is 6.34. The molecule has 2 saturated heterocycles. The molecule has 10 heteroatoms. The van der Waals surface area contributed by atoms with Gasteiger partial charge < -0.3 is 15.4 Å². The summed E-state index contributed by atoms with van der Waals surface area (Å²) in [5.41, 5.74) is 8.46. The average Bonchev–Trinajstić information content (AvgIpc) is 3.25. The number of carbonyl (C=O) groups excluding carboxylic acids is 1. The number of amides is 1. The highest BCUT2D eigenvalue weighted by atomic mass is 35.5. The Hall–Kier alpha value is -2.62. The van der Waals surface area contributed by atoms with Crippen molar-refractivity contribution in [1.29, 1.82) is 0 Å². The maximum atomic E-state index is 11.4. The number of benzene rings is 1. The van der Waals surface area contributed by atoms with Gasteiger partial charge in [-0.15, -0.1) is 0 Å². The largest absolute Gasteiger partial charge is 0.377 e. The van der Waals surface area contributed by atoms with Gasteiger partial charge in [-0.2, -0.15) is 10.2 Å². The Labute approximate surface area is 190 Å². The van der Waals surface area contributed by atoms with Crippen LogP contribution in [-0.2, 0) is 9.53 Å². The molecule has 3 fully saturated rings. The molecule has 2 atom stereocenters. The summed E-state index contributed by atoms with van der Waals surface area (Å²) in [5.74, 6) is -0.398. The molecule has 2 aromatic heterocycles. The fourth-order valence-corrected chi connectivity index (χ4v) is 5.24. The topological polar surface area (TPSA) is 94.4 Å². The number of rotatable bonds is 5. The maximum absolute atomic E-state index is 11.4. The first-order valence-electron chi connectivity index (χ1n) is 11.0. The number of aromatic nitrogens is 4. The quantitative estimate of drug-likeness (QED) is 0.630. The van der Waals surface area contributed by atoms with E-state index in [1.807, 2.05) is 27.8 Å². The van der Waals surface area contributed by atoms with Gasteiger partial charge in [0.05, 0.1) is 65.5 Å². The van der Waals surface area contributed by atoms with Gasteiger partial charge in [-0.05, 0) is 25.5 Å². The smallest absolute Gasteiger partial charge is 0.222 e. The van der Waals surface area contributed by atoms with Crippen molar-refractivity contribution in [2.24, 2.45) is 11.7 Å². The Morgan fingerprint density at radius 2 is 1.97 bits per heavy atom. The number of halogens is 1. The SMILES string of the molecule is CC1(N2CCN(c3cc4c(cnn4-c4cnn(C5CC5C(N)=O)c4)cc3Cl)CC2)COC1. The van der Waals surface area contributed by atoms with E-state index in [-0.39, 0.29) is 23.4 Å². The van der Waals surface area contributed by atoms with Crippen LogP contribution in [0.2, 0.25) is 5.02 Å². The lowest BCUT2D eigenvalue weighted by Crippen LogP contribution is -2.64. The number of carbonyl (C=O) groups is 1. The number of piperazine rings is 1. The molecule has 4 heterocycles. The molecule has 3 aliphatic rings. The molecule has 3 aromatic rings. The Morgan fingerprint density at radius 1 is 1.19 bits per heavy atom. The fourth-order valence-electron chi connectivity index (χ4n) is 4.95. The van der Waals surface area contributed by atoms with Crippen LogP contribution in [0.3, 0.4) is 0 Å². The summed E-state index contributed by atoms with van der Waals surface area (Å²) in [6.07, 6.45) is 6.26. The molecule has 2 unspecified atom stereocenters. The van der Waals surface area contributed by atoms with Crippen LogP contribution in [0.5, 0.6) is 0 Å². The first kappa shape index (κ1) is 20.0. The predicted molar refractivity (Wildman–Crippen MR) is 121 cm³/mol. The van der Waals surface area contributed by atoms with E-state index < -0.39 is 0 Å². The maximum Gasteiger partial charge on any atom is 0.222 e. The normalized spacial score (nSPS) is 25.1. The van der Waals surface area contributed by atoms with Gasteiger partial charge in [-0.25, -0.2) is 4.68 Å². The van der Waals surface area contributed by atoms with E-state index in [0.29, 0.717) is 0 Å². The van der Waals surface area contributed by atoms with Gasteiger partial charge in [0.15, 0.2) is 0 Å². The van der Waals surface area contributed by atoms with Gasteiger partial charge in [0.2, 0.25) is 5.91 Å². The van der Waals surface area contributed by atoms with Gasteiger partial charge in [-0.1, -0.05) is 11.6 Å². The summed E-state index contributed by atoms with van der Waals surface area (Å²) >= 11 is 6.68. The van der Waals surface area contributed by atoms with Gasteiger partial charge >= 0.3 is 0 Å². The Kier molecular flexibility index (Phi) is 4.50. The summed E-state index contributed by atoms with van der Waals surface area (Å²) in [6.45, 7) is 7.72. The van der Waals surface area contributed by atoms with Gasteiger partial charge in [-0.3, -0.25) is 14.4 Å². The van der Waals surface area contributed by atoms with Crippen molar-refractivity contribution in [3.8, 4) is 5.69 Å². The molecular weight excluding hydrogens is 430 g/mol. The van der Waals surface area contributed by atoms with Gasteiger partial charge in [0.1, 0.15) is 5.69 Å². The predicted octanol–water partition coefficient (Wildman–Crippen LogP) is 1.83. The number of fused-ring (bicyclic) bond motifs is 1. The highest BCUT2D eigenvalue weighted by Gasteiger charge is 2.44. The van der Waals surface area contributed by atoms with Crippen molar-refractivity contribution in [3.63, 3.8) is 0 Å². The molecule has 168 valence electrons. The lowest BCUT2D eigenvalue weighted by molar-refractivity contribution is -0.131. The Morgan fingerprint density at radius 3 is 2.62 bits per heavy atom. The molecule has 0 spiro atoms. The Balaban J connectivity index is 1.26. The van der Waals surface area contributed by atoms with Crippen molar-refractivity contribution in [3.05, 3.63) is 35.7 Å². The third kappa shape index (κ3) is 3.18. The van der Waals surface area contributed by atoms with E-state index in [1.54, 1.807) is 6.20 Å². The van der Waals surface area contributed by atoms with E-state index in [0.717, 1.165) is 73.1 Å². The molecule has 1 aromatic carbocycles. The van der Waals surface area contributed by atoms with Crippen molar-refractivity contribution < 1.29 is 9.53 Å². The second-order valence-corrected chi connectivity index (χ2v) is 9.78. The molecule has 32 heavy (non-hydrogen) atoms. The summed E-state index contributed by atoms with van der Waals surface area (Å²) < 4.78 is 9.14. The van der Waals surface area contributed by atoms with E-state index in [9.17, 15) is 4.79 Å². The van der Waals surface area contributed by atoms with E-state index >= 15 is 0 Å². The zero-order valence-electron chi connectivity index (χ0n) is 17.9. The standard InChI is InChI=1S/C22H26ClN7O2/c1-22(12-32-13-22)28-4-2-27(3-5-28)20-8-18-14(6-17(20)23)9-26-30(18)15-10-25-29(11-15)19-7-16(19)21(24)31/h6,8-11,16,19H,2-5,7,12-13H2,1H3,(H2,24,31). The van der Waals surface area contributed by atoms with E-state index in [2.05, 4.69) is 33.0 Å². The fraction of sp³-hybridized carbons (Fsp3) is 0.500. The zero-order chi connectivity index (χ0) is 22.0. The number of hydrogen-bond acceptors (Lipinski definition) is 6. The van der Waals surface area contributed by atoms with Crippen molar-refractivity contribution in [2.75, 3.05) is 44.3 Å². The molecule has 2 N–H and O–H groups in total. The molecule has 0 bridgehead atoms. The summed E-state index contributed by atoms with van der Waals surface area (Å²) in [4.78, 5) is 16.3. The van der Waals surface area contributed by atoms with Crippen LogP contribution >= 0.6 is 11.6 Å². The van der Waals surface area contributed by atoms with Crippen molar-refractivity contribution >= 4 is 34.1 Å². The minimum Gasteiger partial charge on any atom is -0.377 e. The van der Waals surface area contributed by atoms with Gasteiger partial charge in [0, 0.05) is 31.6 Å². The molecule has 1 aliphatic carbocycles. The summed E-state index contributed by atoms with van der Waals surface area (Å²) in [5, 5.41) is 10.7. The second-order valence-electron chi connectivity index (χ2n) is 9.37. The number of anilines is 1. The summed E-state index contributed by atoms with van der Waals surface area (Å²) in [7, 11) is 0. The van der Waals surface area contributed by atoms with Crippen molar-refractivity contribution in [1.82, 2.24) is 24.5 Å². The third-order valence-electron chi connectivity index (χ3n) is 7.14. The molecule has 9 nitrogen and oxygen atoms in total. The molecule has 2 aliphatic heterocycles. The monoisotopic (exact) mass is 455 g/mol. The minimum atomic E-state index is -0.269. The van der Waals surface area contributed by atoms with Crippen LogP contribution < -0.4 is 10.6 Å². The molecule has 6 rings (SSSR count). The molecule has 0 radical (unpaired) electrons. The number of nitrogens with zero attached hydrogens (tertiary/aromatic N) is 6.